The van der Waals surface area contributed by atoms with Crippen molar-refractivity contribution in [1.82, 2.24) is 0 Å². The standard InChI is InChI=1S/C17H36O2/c1-5-9-12-14-17(13-8-4,18-15-10-6-2)19-16-11-7-3/h5-16H2,1-4H3. The lowest BCUT2D eigenvalue weighted by Crippen LogP contribution is -2.37. The molecular formula is C17H36O2. The van der Waals surface area contributed by atoms with E-state index in [-0.39, 0.29) is 5.79 Å². The molecule has 0 aromatic rings. The van der Waals surface area contributed by atoms with Gasteiger partial charge in [-0.2, -0.15) is 0 Å². The molecule has 0 aliphatic rings. The lowest BCUT2D eigenvalue weighted by atomic mass is 10.0. The molecule has 0 aromatic heterocycles. The van der Waals surface area contributed by atoms with Crippen LogP contribution in [0.4, 0.5) is 0 Å². The molecule has 0 bridgehead atoms. The number of ether oxygens (including phenoxy) is 2. The van der Waals surface area contributed by atoms with Gasteiger partial charge in [0, 0.05) is 12.8 Å². The molecule has 2 heteroatoms. The van der Waals surface area contributed by atoms with Crippen LogP contribution in [0.3, 0.4) is 0 Å². The molecule has 0 radical (unpaired) electrons. The second kappa shape index (κ2) is 12.9. The van der Waals surface area contributed by atoms with Crippen molar-refractivity contribution in [3.8, 4) is 0 Å². The average molecular weight is 272 g/mol. The fraction of sp³-hybridized carbons (Fsp3) is 1.00. The van der Waals surface area contributed by atoms with Gasteiger partial charge in [-0.05, 0) is 19.3 Å². The molecule has 0 saturated carbocycles. The molecular weight excluding hydrogens is 236 g/mol. The highest BCUT2D eigenvalue weighted by Crippen LogP contribution is 2.28. The third-order valence-corrected chi connectivity index (χ3v) is 3.52. The van der Waals surface area contributed by atoms with E-state index in [1.54, 1.807) is 0 Å². The Balaban J connectivity index is 4.37. The summed E-state index contributed by atoms with van der Waals surface area (Å²) in [6.07, 6.45) is 11.6. The lowest BCUT2D eigenvalue weighted by Gasteiger charge is -2.34. The Morgan fingerprint density at radius 2 is 1.11 bits per heavy atom. The van der Waals surface area contributed by atoms with E-state index in [0.29, 0.717) is 0 Å². The summed E-state index contributed by atoms with van der Waals surface area (Å²) >= 11 is 0. The topological polar surface area (TPSA) is 18.5 Å². The number of hydrogen-bond donors (Lipinski definition) is 0. The van der Waals surface area contributed by atoms with E-state index in [0.717, 1.165) is 45.3 Å². The molecule has 0 spiro atoms. The molecule has 0 saturated heterocycles. The third-order valence-electron chi connectivity index (χ3n) is 3.52. The van der Waals surface area contributed by atoms with Crippen molar-refractivity contribution in [2.24, 2.45) is 0 Å². The molecule has 0 unspecified atom stereocenters. The van der Waals surface area contributed by atoms with Gasteiger partial charge in [-0.1, -0.05) is 59.8 Å². The van der Waals surface area contributed by atoms with E-state index in [1.807, 2.05) is 0 Å². The Kier molecular flexibility index (Phi) is 12.9. The van der Waals surface area contributed by atoms with E-state index in [4.69, 9.17) is 9.47 Å². The van der Waals surface area contributed by atoms with Crippen LogP contribution in [0.15, 0.2) is 0 Å². The Bertz CT molecular complexity index is 154. The van der Waals surface area contributed by atoms with Gasteiger partial charge in [0.05, 0.1) is 13.2 Å². The van der Waals surface area contributed by atoms with Crippen LogP contribution in [0.1, 0.15) is 91.9 Å². The van der Waals surface area contributed by atoms with Crippen LogP contribution in [-0.4, -0.2) is 19.0 Å². The van der Waals surface area contributed by atoms with Crippen LogP contribution in [0.2, 0.25) is 0 Å². The Labute approximate surface area is 121 Å². The smallest absolute Gasteiger partial charge is 0.168 e. The summed E-state index contributed by atoms with van der Waals surface area (Å²) in [5.41, 5.74) is 0. The molecule has 0 amide bonds. The number of rotatable bonds is 14. The van der Waals surface area contributed by atoms with E-state index in [2.05, 4.69) is 27.7 Å². The first-order valence-corrected chi connectivity index (χ1v) is 8.52. The highest BCUT2D eigenvalue weighted by Gasteiger charge is 2.30. The van der Waals surface area contributed by atoms with Gasteiger partial charge in [-0.15, -0.1) is 0 Å². The van der Waals surface area contributed by atoms with Gasteiger partial charge in [0.15, 0.2) is 5.79 Å². The summed E-state index contributed by atoms with van der Waals surface area (Å²) in [7, 11) is 0. The maximum atomic E-state index is 6.18. The van der Waals surface area contributed by atoms with Crippen LogP contribution in [-0.2, 0) is 9.47 Å². The van der Waals surface area contributed by atoms with Gasteiger partial charge in [0.2, 0.25) is 0 Å². The summed E-state index contributed by atoms with van der Waals surface area (Å²) in [6.45, 7) is 10.6. The van der Waals surface area contributed by atoms with Crippen LogP contribution in [0.25, 0.3) is 0 Å². The van der Waals surface area contributed by atoms with Gasteiger partial charge >= 0.3 is 0 Å². The first-order valence-electron chi connectivity index (χ1n) is 8.52. The Morgan fingerprint density at radius 1 is 0.579 bits per heavy atom. The number of hydrogen-bond acceptors (Lipinski definition) is 2. The summed E-state index contributed by atoms with van der Waals surface area (Å²) in [6, 6.07) is 0. The molecule has 19 heavy (non-hydrogen) atoms. The maximum Gasteiger partial charge on any atom is 0.168 e. The van der Waals surface area contributed by atoms with E-state index in [9.17, 15) is 0 Å². The quantitative estimate of drug-likeness (QED) is 0.298. The molecule has 0 atom stereocenters. The molecule has 0 aliphatic carbocycles. The van der Waals surface area contributed by atoms with Gasteiger partial charge in [0.1, 0.15) is 0 Å². The van der Waals surface area contributed by atoms with Gasteiger partial charge in [-0.25, -0.2) is 0 Å². The highest BCUT2D eigenvalue weighted by molar-refractivity contribution is 4.70. The molecule has 0 fully saturated rings. The maximum absolute atomic E-state index is 6.18. The van der Waals surface area contributed by atoms with E-state index >= 15 is 0 Å². The first kappa shape index (κ1) is 18.9. The molecule has 116 valence electrons. The van der Waals surface area contributed by atoms with Crippen molar-refractivity contribution < 1.29 is 9.47 Å². The zero-order valence-corrected chi connectivity index (χ0v) is 13.8. The number of unbranched alkanes of at least 4 members (excludes halogenated alkanes) is 4. The van der Waals surface area contributed by atoms with Crippen LogP contribution >= 0.6 is 0 Å². The second-order valence-corrected chi connectivity index (χ2v) is 5.52. The SMILES string of the molecule is CCCCCC(CCC)(OCCCC)OCCCC. The fourth-order valence-electron chi connectivity index (χ4n) is 2.29. The summed E-state index contributed by atoms with van der Waals surface area (Å²) in [5.74, 6) is -0.297. The molecule has 0 heterocycles. The van der Waals surface area contributed by atoms with Gasteiger partial charge in [0.25, 0.3) is 0 Å². The van der Waals surface area contributed by atoms with E-state index in [1.165, 1.54) is 32.1 Å². The van der Waals surface area contributed by atoms with E-state index < -0.39 is 0 Å². The van der Waals surface area contributed by atoms with Crippen LogP contribution in [0.5, 0.6) is 0 Å². The van der Waals surface area contributed by atoms with Crippen molar-refractivity contribution in [1.29, 1.82) is 0 Å². The van der Waals surface area contributed by atoms with Crippen molar-refractivity contribution >= 4 is 0 Å². The summed E-state index contributed by atoms with van der Waals surface area (Å²) < 4.78 is 12.4. The van der Waals surface area contributed by atoms with Crippen molar-refractivity contribution in [2.45, 2.75) is 97.7 Å². The van der Waals surface area contributed by atoms with Gasteiger partial charge in [-0.3, -0.25) is 0 Å². The molecule has 0 aromatic carbocycles. The predicted octanol–water partition coefficient (Wildman–Crippen LogP) is 5.70. The minimum atomic E-state index is -0.297. The molecule has 0 rings (SSSR count). The lowest BCUT2D eigenvalue weighted by molar-refractivity contribution is -0.246. The zero-order chi connectivity index (χ0) is 14.4. The zero-order valence-electron chi connectivity index (χ0n) is 13.8. The Hall–Kier alpha value is -0.0800. The van der Waals surface area contributed by atoms with Crippen LogP contribution in [0, 0.1) is 0 Å². The van der Waals surface area contributed by atoms with Crippen molar-refractivity contribution in [3.05, 3.63) is 0 Å². The normalized spacial score (nSPS) is 12.0. The monoisotopic (exact) mass is 272 g/mol. The summed E-state index contributed by atoms with van der Waals surface area (Å²) in [4.78, 5) is 0. The minimum Gasteiger partial charge on any atom is -0.350 e. The second-order valence-electron chi connectivity index (χ2n) is 5.52. The summed E-state index contributed by atoms with van der Waals surface area (Å²) in [5, 5.41) is 0. The fourth-order valence-corrected chi connectivity index (χ4v) is 2.29. The molecule has 0 aliphatic heterocycles. The van der Waals surface area contributed by atoms with Crippen LogP contribution < -0.4 is 0 Å². The Morgan fingerprint density at radius 3 is 1.53 bits per heavy atom. The largest absolute Gasteiger partial charge is 0.350 e. The third kappa shape index (κ3) is 9.45. The first-order chi connectivity index (χ1) is 9.24. The predicted molar refractivity (Wildman–Crippen MR) is 83.5 cm³/mol. The minimum absolute atomic E-state index is 0.297. The van der Waals surface area contributed by atoms with Crippen molar-refractivity contribution in [2.75, 3.05) is 13.2 Å². The highest BCUT2D eigenvalue weighted by atomic mass is 16.7. The molecule has 0 N–H and O–H groups in total. The average Bonchev–Trinajstić information content (AvgIpc) is 2.40. The molecule has 2 nitrogen and oxygen atoms in total. The van der Waals surface area contributed by atoms with Gasteiger partial charge < -0.3 is 9.47 Å². The van der Waals surface area contributed by atoms with Crippen molar-refractivity contribution in [3.63, 3.8) is 0 Å².